The minimum Gasteiger partial charge on any atom is -0.452 e. The van der Waals surface area contributed by atoms with E-state index in [1.165, 1.54) is 63.4 Å². The summed E-state index contributed by atoms with van der Waals surface area (Å²) in [6, 6.07) is 3.17. The maximum atomic E-state index is 11.9. The highest BCUT2D eigenvalue weighted by atomic mass is 16.5. The van der Waals surface area contributed by atoms with Gasteiger partial charge in [0.05, 0.1) is 7.11 Å². The Morgan fingerprint density at radius 2 is 1.62 bits per heavy atom. The Labute approximate surface area is 145 Å². The van der Waals surface area contributed by atoms with Gasteiger partial charge >= 0.3 is 6.09 Å². The quantitative estimate of drug-likeness (QED) is 0.348. The molecule has 1 aromatic rings. The first-order valence-corrected chi connectivity index (χ1v) is 9.13. The summed E-state index contributed by atoms with van der Waals surface area (Å²) in [7, 11) is 1.34. The summed E-state index contributed by atoms with van der Waals surface area (Å²) in [5, 5.41) is 0. The van der Waals surface area contributed by atoms with E-state index in [1.807, 2.05) is 0 Å². The molecule has 5 heteroatoms. The molecule has 1 heterocycles. The Bertz CT molecular complexity index is 470. The molecule has 0 fully saturated rings. The van der Waals surface area contributed by atoms with Gasteiger partial charge in [0.2, 0.25) is 5.88 Å². The van der Waals surface area contributed by atoms with Gasteiger partial charge in [-0.15, -0.1) is 0 Å². The summed E-state index contributed by atoms with van der Waals surface area (Å²) in [5.74, 6) is 0.571. The van der Waals surface area contributed by atoms with Crippen LogP contribution in [0.5, 0.6) is 0 Å². The number of anilines is 1. The van der Waals surface area contributed by atoms with Gasteiger partial charge in [-0.05, 0) is 12.5 Å². The van der Waals surface area contributed by atoms with E-state index in [9.17, 15) is 9.59 Å². The Hall–Kier alpha value is -1.78. The number of nitrogens with zero attached hydrogens (tertiary/aromatic N) is 1. The minimum atomic E-state index is -0.460. The lowest BCUT2D eigenvalue weighted by Crippen LogP contribution is -2.31. The van der Waals surface area contributed by atoms with Gasteiger partial charge in [-0.25, -0.2) is 9.69 Å². The van der Waals surface area contributed by atoms with Crippen molar-refractivity contribution < 1.29 is 18.7 Å². The summed E-state index contributed by atoms with van der Waals surface area (Å²) in [5.41, 5.74) is 0. The van der Waals surface area contributed by atoms with Gasteiger partial charge in [0.15, 0.2) is 12.0 Å². The molecule has 1 rings (SSSR count). The van der Waals surface area contributed by atoms with Crippen molar-refractivity contribution in [3.8, 4) is 0 Å². The molecule has 24 heavy (non-hydrogen) atoms. The van der Waals surface area contributed by atoms with Gasteiger partial charge < -0.3 is 9.15 Å². The van der Waals surface area contributed by atoms with Crippen molar-refractivity contribution in [3.05, 3.63) is 17.9 Å². The lowest BCUT2D eigenvalue weighted by molar-refractivity contribution is 0.110. The van der Waals surface area contributed by atoms with Gasteiger partial charge in [0, 0.05) is 12.6 Å². The highest BCUT2D eigenvalue weighted by molar-refractivity contribution is 5.86. The molecule has 0 unspecified atom stereocenters. The van der Waals surface area contributed by atoms with Crippen molar-refractivity contribution in [2.75, 3.05) is 18.6 Å². The third-order valence-corrected chi connectivity index (χ3v) is 4.13. The summed E-state index contributed by atoms with van der Waals surface area (Å²) in [6.45, 7) is 2.77. The maximum absolute atomic E-state index is 11.9. The number of amides is 1. The number of methoxy groups -OCH3 is 1. The average molecular weight is 337 g/mol. The van der Waals surface area contributed by atoms with E-state index in [4.69, 9.17) is 9.15 Å². The van der Waals surface area contributed by atoms with Crippen molar-refractivity contribution in [2.45, 2.75) is 71.1 Å². The second-order valence-corrected chi connectivity index (χ2v) is 6.10. The molecule has 1 aromatic heterocycles. The summed E-state index contributed by atoms with van der Waals surface area (Å²) >= 11 is 0. The number of aldehydes is 1. The van der Waals surface area contributed by atoms with Crippen LogP contribution in [-0.2, 0) is 4.74 Å². The van der Waals surface area contributed by atoms with Gasteiger partial charge in [0.25, 0.3) is 0 Å². The van der Waals surface area contributed by atoms with Crippen LogP contribution in [0.15, 0.2) is 16.5 Å². The molecule has 0 spiro atoms. The first kappa shape index (κ1) is 20.3. The molecule has 0 aliphatic rings. The lowest BCUT2D eigenvalue weighted by Gasteiger charge is -2.18. The first-order valence-electron chi connectivity index (χ1n) is 9.13. The Balaban J connectivity index is 2.21. The molecule has 0 radical (unpaired) electrons. The number of carbonyl (C=O) groups excluding carboxylic acids is 2. The van der Waals surface area contributed by atoms with Crippen LogP contribution in [0.4, 0.5) is 10.7 Å². The highest BCUT2D eigenvalue weighted by Gasteiger charge is 2.19. The van der Waals surface area contributed by atoms with Crippen molar-refractivity contribution in [1.29, 1.82) is 0 Å². The zero-order valence-electron chi connectivity index (χ0n) is 15.1. The molecule has 0 bridgehead atoms. The fourth-order valence-electron chi connectivity index (χ4n) is 2.71. The van der Waals surface area contributed by atoms with E-state index in [0.717, 1.165) is 12.8 Å². The summed E-state index contributed by atoms with van der Waals surface area (Å²) in [6.07, 6.45) is 12.5. The van der Waals surface area contributed by atoms with E-state index in [1.54, 1.807) is 12.1 Å². The van der Waals surface area contributed by atoms with Gasteiger partial charge in [-0.2, -0.15) is 0 Å². The van der Waals surface area contributed by atoms with Gasteiger partial charge in [-0.3, -0.25) is 4.79 Å². The highest BCUT2D eigenvalue weighted by Crippen LogP contribution is 2.20. The second kappa shape index (κ2) is 12.6. The molecule has 0 N–H and O–H groups in total. The number of ether oxygens (including phenoxy) is 1. The Morgan fingerprint density at radius 3 is 2.12 bits per heavy atom. The minimum absolute atomic E-state index is 0.210. The monoisotopic (exact) mass is 337 g/mol. The fourth-order valence-corrected chi connectivity index (χ4v) is 2.71. The number of hydrogen-bond acceptors (Lipinski definition) is 4. The topological polar surface area (TPSA) is 59.8 Å². The second-order valence-electron chi connectivity index (χ2n) is 6.10. The van der Waals surface area contributed by atoms with E-state index >= 15 is 0 Å². The van der Waals surface area contributed by atoms with Crippen LogP contribution in [0.1, 0.15) is 81.7 Å². The van der Waals surface area contributed by atoms with Gasteiger partial charge in [0.1, 0.15) is 0 Å². The maximum Gasteiger partial charge on any atom is 0.416 e. The summed E-state index contributed by atoms with van der Waals surface area (Å²) in [4.78, 5) is 24.0. The van der Waals surface area contributed by atoms with Crippen molar-refractivity contribution in [1.82, 2.24) is 0 Å². The third kappa shape index (κ3) is 7.66. The van der Waals surface area contributed by atoms with Crippen molar-refractivity contribution >= 4 is 18.3 Å². The molecule has 0 aliphatic heterocycles. The van der Waals surface area contributed by atoms with E-state index in [-0.39, 0.29) is 5.76 Å². The van der Waals surface area contributed by atoms with Crippen molar-refractivity contribution in [2.24, 2.45) is 0 Å². The van der Waals surface area contributed by atoms with Crippen LogP contribution in [0.3, 0.4) is 0 Å². The molecule has 0 aliphatic carbocycles. The predicted octanol–water partition coefficient (Wildman–Crippen LogP) is 5.59. The Kier molecular flexibility index (Phi) is 10.7. The molecule has 0 saturated carbocycles. The van der Waals surface area contributed by atoms with E-state index in [2.05, 4.69) is 6.92 Å². The number of rotatable bonds is 13. The predicted molar refractivity (Wildman–Crippen MR) is 95.7 cm³/mol. The molecule has 0 saturated heterocycles. The van der Waals surface area contributed by atoms with E-state index < -0.39 is 6.09 Å². The molecule has 5 nitrogen and oxygen atoms in total. The normalized spacial score (nSPS) is 10.6. The van der Waals surface area contributed by atoms with Crippen LogP contribution in [0.25, 0.3) is 0 Å². The SMILES string of the molecule is CCCCCCCCCCCCN(C(=O)OC)c1ccc(C=O)o1. The third-order valence-electron chi connectivity index (χ3n) is 4.13. The van der Waals surface area contributed by atoms with Crippen molar-refractivity contribution in [3.63, 3.8) is 0 Å². The summed E-state index contributed by atoms with van der Waals surface area (Å²) < 4.78 is 10.1. The Morgan fingerprint density at radius 1 is 1.04 bits per heavy atom. The standard InChI is InChI=1S/C19H31NO4/c1-3-4-5-6-7-8-9-10-11-12-15-20(19(22)23-2)18-14-13-17(16-21)24-18/h13-14,16H,3-12,15H2,1-2H3. The largest absolute Gasteiger partial charge is 0.452 e. The fraction of sp³-hybridized carbons (Fsp3) is 0.684. The molecular weight excluding hydrogens is 306 g/mol. The number of unbranched alkanes of at least 4 members (excludes halogenated alkanes) is 9. The zero-order chi connectivity index (χ0) is 17.6. The van der Waals surface area contributed by atoms with Crippen LogP contribution in [-0.4, -0.2) is 26.0 Å². The van der Waals surface area contributed by atoms with Crippen LogP contribution >= 0.6 is 0 Å². The smallest absolute Gasteiger partial charge is 0.416 e. The zero-order valence-corrected chi connectivity index (χ0v) is 15.1. The van der Waals surface area contributed by atoms with Crippen LogP contribution < -0.4 is 4.90 Å². The number of hydrogen-bond donors (Lipinski definition) is 0. The lowest BCUT2D eigenvalue weighted by atomic mass is 10.1. The van der Waals surface area contributed by atoms with E-state index in [0.29, 0.717) is 18.7 Å². The molecule has 1 amide bonds. The number of carbonyl (C=O) groups is 2. The van der Waals surface area contributed by atoms with Gasteiger partial charge in [-0.1, -0.05) is 64.7 Å². The molecule has 136 valence electrons. The average Bonchev–Trinajstić information content (AvgIpc) is 3.08. The molecule has 0 aromatic carbocycles. The number of furan rings is 1. The first-order chi connectivity index (χ1) is 11.7. The van der Waals surface area contributed by atoms with Crippen LogP contribution in [0.2, 0.25) is 0 Å². The molecule has 0 atom stereocenters. The molecular formula is C19H31NO4. The van der Waals surface area contributed by atoms with Crippen LogP contribution in [0, 0.1) is 0 Å².